The second-order valence-electron chi connectivity index (χ2n) is 7.07. The zero-order chi connectivity index (χ0) is 23.9. The number of Topliss-reactive ketones (excluding diaryl/α,β-unsaturated/α-hetero) is 1. The number of carbonyl (C=O) groups is 2. The quantitative estimate of drug-likeness (QED) is 0.310. The van der Waals surface area contributed by atoms with E-state index < -0.39 is 27.8 Å². The Morgan fingerprint density at radius 1 is 1.15 bits per heavy atom. The lowest BCUT2D eigenvalue weighted by Gasteiger charge is -2.24. The molecule has 0 spiro atoms. The molecule has 170 valence electrons. The van der Waals surface area contributed by atoms with Gasteiger partial charge in [-0.25, -0.2) is 13.6 Å². The average molecular weight is 505 g/mol. The van der Waals surface area contributed by atoms with Crippen LogP contribution in [-0.4, -0.2) is 32.3 Å². The van der Waals surface area contributed by atoms with Gasteiger partial charge in [0, 0.05) is 16.1 Å². The number of benzene rings is 2. The van der Waals surface area contributed by atoms with Gasteiger partial charge in [0.15, 0.2) is 0 Å². The molecule has 1 amide bonds. The fourth-order valence-corrected chi connectivity index (χ4v) is 5.18. The molecule has 1 saturated heterocycles. The number of halogens is 1. The molecule has 1 aromatic heterocycles. The molecule has 8 nitrogen and oxygen atoms in total. The van der Waals surface area contributed by atoms with Crippen LogP contribution >= 0.6 is 22.9 Å². The molecule has 0 saturated carbocycles. The van der Waals surface area contributed by atoms with E-state index in [1.165, 1.54) is 59.7 Å². The fourth-order valence-electron chi connectivity index (χ4n) is 3.58. The highest BCUT2D eigenvalue weighted by Gasteiger charge is 2.47. The van der Waals surface area contributed by atoms with Gasteiger partial charge in [-0.1, -0.05) is 17.7 Å². The number of aliphatic hydroxyl groups is 1. The first-order valence-electron chi connectivity index (χ1n) is 9.44. The number of nitrogens with zero attached hydrogens (tertiary/aromatic N) is 1. The first-order valence-corrected chi connectivity index (χ1v) is 12.2. The monoisotopic (exact) mass is 504 g/mol. The second kappa shape index (κ2) is 8.64. The molecule has 33 heavy (non-hydrogen) atoms. The van der Waals surface area contributed by atoms with Crippen LogP contribution in [0.3, 0.4) is 0 Å². The number of methoxy groups -OCH3 is 1. The third-order valence-corrected chi connectivity index (χ3v) is 7.28. The first-order chi connectivity index (χ1) is 15.6. The Hall–Kier alpha value is -3.18. The van der Waals surface area contributed by atoms with Crippen LogP contribution in [0.4, 0.5) is 5.69 Å². The number of aliphatic hydroxyl groups excluding tert-OH is 1. The van der Waals surface area contributed by atoms with Crippen molar-refractivity contribution in [3.8, 4) is 5.75 Å². The van der Waals surface area contributed by atoms with Crippen LogP contribution in [0.5, 0.6) is 5.75 Å². The van der Waals surface area contributed by atoms with Gasteiger partial charge < -0.3 is 9.84 Å². The van der Waals surface area contributed by atoms with E-state index in [0.717, 1.165) is 0 Å². The normalized spacial score (nSPS) is 18.0. The van der Waals surface area contributed by atoms with Crippen molar-refractivity contribution >= 4 is 56.1 Å². The van der Waals surface area contributed by atoms with Crippen LogP contribution < -0.4 is 14.8 Å². The molecular formula is C22H17ClN2O6S2. The Labute approximate surface area is 198 Å². The summed E-state index contributed by atoms with van der Waals surface area (Å²) in [5, 5.41) is 18.2. The number of hydrogen-bond acceptors (Lipinski definition) is 7. The van der Waals surface area contributed by atoms with E-state index in [1.807, 2.05) is 0 Å². The smallest absolute Gasteiger partial charge is 0.300 e. The van der Waals surface area contributed by atoms with Crippen molar-refractivity contribution in [1.29, 1.82) is 0 Å². The van der Waals surface area contributed by atoms with Crippen molar-refractivity contribution < 1.29 is 27.9 Å². The molecule has 1 aliphatic heterocycles. The van der Waals surface area contributed by atoms with E-state index in [1.54, 1.807) is 23.6 Å². The number of thiophene rings is 1. The molecule has 2 aromatic carbocycles. The minimum Gasteiger partial charge on any atom is -0.507 e. The van der Waals surface area contributed by atoms with Crippen molar-refractivity contribution in [2.75, 3.05) is 12.0 Å². The number of carbonyl (C=O) groups excluding carboxylic acids is 2. The number of ketones is 1. The number of ether oxygens (including phenoxy) is 1. The van der Waals surface area contributed by atoms with E-state index in [0.29, 0.717) is 10.6 Å². The maximum Gasteiger partial charge on any atom is 0.300 e. The van der Waals surface area contributed by atoms with E-state index in [-0.39, 0.29) is 32.5 Å². The van der Waals surface area contributed by atoms with Crippen LogP contribution in [0.1, 0.15) is 16.5 Å². The van der Waals surface area contributed by atoms with Crippen molar-refractivity contribution in [3.63, 3.8) is 0 Å². The van der Waals surface area contributed by atoms with Gasteiger partial charge in [-0.05, 0) is 53.9 Å². The summed E-state index contributed by atoms with van der Waals surface area (Å²) in [6, 6.07) is 12.3. The standard InChI is InChI=1S/C22H17ClN2O6S2/c1-31-16-9-4-12(11-15(16)23)20(26)18-19(17-3-2-10-32-17)25(22(28)21(18)27)13-5-7-14(8-6-13)33(24,29)30/h2-11,19,26H,1H3,(H2,24,29,30)/b20-18-. The Morgan fingerprint density at radius 3 is 2.39 bits per heavy atom. The maximum atomic E-state index is 13.1. The molecule has 3 aromatic rings. The molecule has 11 heteroatoms. The lowest BCUT2D eigenvalue weighted by atomic mass is 9.99. The van der Waals surface area contributed by atoms with Gasteiger partial charge >= 0.3 is 0 Å². The highest BCUT2D eigenvalue weighted by atomic mass is 35.5. The second-order valence-corrected chi connectivity index (χ2v) is 10.0. The van der Waals surface area contributed by atoms with Crippen molar-refractivity contribution in [2.45, 2.75) is 10.9 Å². The fraction of sp³-hybridized carbons (Fsp3) is 0.0909. The van der Waals surface area contributed by atoms with E-state index in [4.69, 9.17) is 21.5 Å². The highest BCUT2D eigenvalue weighted by Crippen LogP contribution is 2.44. The van der Waals surface area contributed by atoms with E-state index >= 15 is 0 Å². The largest absolute Gasteiger partial charge is 0.507 e. The summed E-state index contributed by atoms with van der Waals surface area (Å²) in [6.07, 6.45) is 0. The van der Waals surface area contributed by atoms with Gasteiger partial charge in [0.2, 0.25) is 10.0 Å². The number of rotatable bonds is 5. The summed E-state index contributed by atoms with van der Waals surface area (Å²) in [7, 11) is -2.49. The predicted molar refractivity (Wildman–Crippen MR) is 125 cm³/mol. The summed E-state index contributed by atoms with van der Waals surface area (Å²) < 4.78 is 28.3. The number of amides is 1. The van der Waals surface area contributed by atoms with Gasteiger partial charge in [-0.2, -0.15) is 0 Å². The average Bonchev–Trinajstić information content (AvgIpc) is 3.40. The van der Waals surface area contributed by atoms with Crippen molar-refractivity contribution in [2.24, 2.45) is 5.14 Å². The van der Waals surface area contributed by atoms with Crippen LogP contribution in [0.25, 0.3) is 5.76 Å². The van der Waals surface area contributed by atoms with Gasteiger partial charge in [0.25, 0.3) is 11.7 Å². The highest BCUT2D eigenvalue weighted by molar-refractivity contribution is 7.89. The molecule has 0 bridgehead atoms. The molecule has 4 rings (SSSR count). The molecule has 1 atom stereocenters. The molecule has 1 aliphatic rings. The van der Waals surface area contributed by atoms with Crippen LogP contribution in [0.15, 0.2) is 70.4 Å². The molecule has 1 fully saturated rings. The summed E-state index contributed by atoms with van der Waals surface area (Å²) in [5.74, 6) is -1.75. The molecule has 1 unspecified atom stereocenters. The SMILES string of the molecule is COc1ccc(/C(O)=C2/C(=O)C(=O)N(c3ccc(S(N)(=O)=O)cc3)C2c2cccs2)cc1Cl. The van der Waals surface area contributed by atoms with Crippen molar-refractivity contribution in [1.82, 2.24) is 0 Å². The third-order valence-electron chi connectivity index (χ3n) is 5.13. The molecule has 0 radical (unpaired) electrons. The molecule has 3 N–H and O–H groups in total. The Bertz CT molecular complexity index is 1380. The summed E-state index contributed by atoms with van der Waals surface area (Å²) >= 11 is 7.48. The number of sulfonamides is 1. The number of anilines is 1. The molecule has 0 aliphatic carbocycles. The van der Waals surface area contributed by atoms with Crippen LogP contribution in [0.2, 0.25) is 5.02 Å². The minimum atomic E-state index is -3.93. The summed E-state index contributed by atoms with van der Waals surface area (Å²) in [6.45, 7) is 0. The van der Waals surface area contributed by atoms with Gasteiger partial charge in [-0.15, -0.1) is 11.3 Å². The van der Waals surface area contributed by atoms with Crippen LogP contribution in [0, 0.1) is 0 Å². The number of nitrogens with two attached hydrogens (primary N) is 1. The lowest BCUT2D eigenvalue weighted by Crippen LogP contribution is -2.29. The van der Waals surface area contributed by atoms with E-state index in [2.05, 4.69) is 0 Å². The predicted octanol–water partition coefficient (Wildman–Crippen LogP) is 3.68. The molecular weight excluding hydrogens is 488 g/mol. The first kappa shape index (κ1) is 23.0. The zero-order valence-corrected chi connectivity index (χ0v) is 19.4. The zero-order valence-electron chi connectivity index (χ0n) is 17.1. The topological polar surface area (TPSA) is 127 Å². The van der Waals surface area contributed by atoms with Gasteiger partial charge in [0.1, 0.15) is 17.6 Å². The minimum absolute atomic E-state index is 0.112. The summed E-state index contributed by atoms with van der Waals surface area (Å²) in [4.78, 5) is 27.8. The summed E-state index contributed by atoms with van der Waals surface area (Å²) in [5.41, 5.74) is 0.402. The Morgan fingerprint density at radius 2 is 1.85 bits per heavy atom. The van der Waals surface area contributed by atoms with Crippen LogP contribution in [-0.2, 0) is 19.6 Å². The molecule has 2 heterocycles. The van der Waals surface area contributed by atoms with Gasteiger partial charge in [0.05, 0.1) is 22.6 Å². The Kier molecular flexibility index (Phi) is 6.02. The Balaban J connectivity index is 1.88. The van der Waals surface area contributed by atoms with Gasteiger partial charge in [-0.3, -0.25) is 14.5 Å². The number of hydrogen-bond donors (Lipinski definition) is 2. The third kappa shape index (κ3) is 4.13. The lowest BCUT2D eigenvalue weighted by molar-refractivity contribution is -0.132. The van der Waals surface area contributed by atoms with Crippen molar-refractivity contribution in [3.05, 3.63) is 81.0 Å². The maximum absolute atomic E-state index is 13.1. The van der Waals surface area contributed by atoms with E-state index in [9.17, 15) is 23.1 Å². The number of primary sulfonamides is 1.